The number of nitrogens with two attached hydrogens (primary N) is 1. The van der Waals surface area contributed by atoms with Crippen LogP contribution in [0.3, 0.4) is 0 Å². The highest BCUT2D eigenvalue weighted by molar-refractivity contribution is 6.31. The molecule has 2 rings (SSSR count). The van der Waals surface area contributed by atoms with E-state index in [1.807, 2.05) is 24.3 Å². The fourth-order valence-electron chi connectivity index (χ4n) is 1.74. The zero-order valence-electron chi connectivity index (χ0n) is 10.4. The number of rotatable bonds is 5. The van der Waals surface area contributed by atoms with Gasteiger partial charge in [0.15, 0.2) is 0 Å². The molecule has 0 aromatic heterocycles. The second-order valence-corrected chi connectivity index (χ2v) is 4.58. The Balaban J connectivity index is 2.02. The van der Waals surface area contributed by atoms with Gasteiger partial charge in [0.25, 0.3) is 0 Å². The van der Waals surface area contributed by atoms with Crippen LogP contribution in [0, 0.1) is 5.82 Å². The Hall–Kier alpha value is -1.58. The maximum atomic E-state index is 13.5. The van der Waals surface area contributed by atoms with Gasteiger partial charge < -0.3 is 10.5 Å². The molecule has 0 saturated heterocycles. The third-order valence-electron chi connectivity index (χ3n) is 2.80. The lowest BCUT2D eigenvalue weighted by Crippen LogP contribution is -2.03. The van der Waals surface area contributed by atoms with Crippen molar-refractivity contribution in [3.05, 3.63) is 64.4 Å². The van der Waals surface area contributed by atoms with Gasteiger partial charge in [-0.1, -0.05) is 29.8 Å². The van der Waals surface area contributed by atoms with E-state index in [1.54, 1.807) is 12.1 Å². The summed E-state index contributed by atoms with van der Waals surface area (Å²) in [7, 11) is 0. The first kappa shape index (κ1) is 13.8. The van der Waals surface area contributed by atoms with Crippen molar-refractivity contribution in [2.75, 3.05) is 6.54 Å². The van der Waals surface area contributed by atoms with E-state index in [9.17, 15) is 4.39 Å². The second-order valence-electron chi connectivity index (χ2n) is 4.17. The van der Waals surface area contributed by atoms with Crippen molar-refractivity contribution >= 4 is 11.6 Å². The van der Waals surface area contributed by atoms with E-state index in [1.165, 1.54) is 6.07 Å². The van der Waals surface area contributed by atoms with E-state index in [2.05, 4.69) is 0 Å². The molecular formula is C15H15ClFNO. The Morgan fingerprint density at radius 3 is 2.47 bits per heavy atom. The van der Waals surface area contributed by atoms with Crippen LogP contribution in [0.1, 0.15) is 11.1 Å². The molecule has 2 aromatic carbocycles. The molecule has 2 N–H and O–H groups in total. The average Bonchev–Trinajstić information content (AvgIpc) is 2.40. The molecule has 4 heteroatoms. The summed E-state index contributed by atoms with van der Waals surface area (Å²) in [5.74, 6) is 0.326. The molecule has 0 amide bonds. The standard InChI is InChI=1S/C15H15ClFNO/c16-14-2-1-3-15(17)13(14)10-19-12-6-4-11(5-7-12)8-9-18/h1-7H,8-10,18H2. The van der Waals surface area contributed by atoms with Crippen LogP contribution in [0.5, 0.6) is 5.75 Å². The summed E-state index contributed by atoms with van der Waals surface area (Å²) in [4.78, 5) is 0. The minimum atomic E-state index is -0.354. The highest BCUT2D eigenvalue weighted by atomic mass is 35.5. The van der Waals surface area contributed by atoms with Gasteiger partial charge in [-0.25, -0.2) is 4.39 Å². The van der Waals surface area contributed by atoms with Crippen molar-refractivity contribution in [3.63, 3.8) is 0 Å². The van der Waals surface area contributed by atoms with E-state index >= 15 is 0 Å². The van der Waals surface area contributed by atoms with Crippen LogP contribution in [0.25, 0.3) is 0 Å². The predicted molar refractivity (Wildman–Crippen MR) is 74.9 cm³/mol. The molecule has 0 heterocycles. The molecule has 0 spiro atoms. The molecule has 0 saturated carbocycles. The summed E-state index contributed by atoms with van der Waals surface area (Å²) in [5.41, 5.74) is 7.00. The maximum Gasteiger partial charge on any atom is 0.131 e. The largest absolute Gasteiger partial charge is 0.489 e. The van der Waals surface area contributed by atoms with Gasteiger partial charge in [-0.15, -0.1) is 0 Å². The second kappa shape index (κ2) is 6.55. The van der Waals surface area contributed by atoms with Gasteiger partial charge in [0.05, 0.1) is 5.02 Å². The lowest BCUT2D eigenvalue weighted by molar-refractivity contribution is 0.300. The Morgan fingerprint density at radius 2 is 1.84 bits per heavy atom. The lowest BCUT2D eigenvalue weighted by Gasteiger charge is -2.09. The first-order chi connectivity index (χ1) is 9.20. The van der Waals surface area contributed by atoms with Crippen LogP contribution >= 0.6 is 11.6 Å². The Morgan fingerprint density at radius 1 is 1.11 bits per heavy atom. The molecule has 0 aliphatic carbocycles. The van der Waals surface area contributed by atoms with Crippen LogP contribution in [0.15, 0.2) is 42.5 Å². The summed E-state index contributed by atoms with van der Waals surface area (Å²) >= 11 is 5.93. The van der Waals surface area contributed by atoms with Crippen LogP contribution < -0.4 is 10.5 Å². The minimum Gasteiger partial charge on any atom is -0.489 e. The average molecular weight is 280 g/mol. The monoisotopic (exact) mass is 279 g/mol. The maximum absolute atomic E-state index is 13.5. The van der Waals surface area contributed by atoms with Crippen molar-refractivity contribution in [2.45, 2.75) is 13.0 Å². The van der Waals surface area contributed by atoms with Gasteiger partial charge in [-0.2, -0.15) is 0 Å². The number of ether oxygens (including phenoxy) is 1. The highest BCUT2D eigenvalue weighted by Gasteiger charge is 2.07. The molecule has 0 atom stereocenters. The summed E-state index contributed by atoms with van der Waals surface area (Å²) in [6.07, 6.45) is 0.833. The van der Waals surface area contributed by atoms with Crippen molar-refractivity contribution in [1.82, 2.24) is 0 Å². The molecule has 0 radical (unpaired) electrons. The normalized spacial score (nSPS) is 10.5. The summed E-state index contributed by atoms with van der Waals surface area (Å²) in [5, 5.41) is 0.375. The molecule has 2 nitrogen and oxygen atoms in total. The predicted octanol–water partition coefficient (Wildman–Crippen LogP) is 3.56. The van der Waals surface area contributed by atoms with E-state index in [-0.39, 0.29) is 12.4 Å². The highest BCUT2D eigenvalue weighted by Crippen LogP contribution is 2.21. The Kier molecular flexibility index (Phi) is 4.77. The molecule has 0 aliphatic heterocycles. The fourth-order valence-corrected chi connectivity index (χ4v) is 1.96. The van der Waals surface area contributed by atoms with Gasteiger partial charge in [0.2, 0.25) is 0 Å². The van der Waals surface area contributed by atoms with Crippen molar-refractivity contribution in [2.24, 2.45) is 5.73 Å². The van der Waals surface area contributed by atoms with Crippen LogP contribution in [0.4, 0.5) is 4.39 Å². The van der Waals surface area contributed by atoms with E-state index in [0.29, 0.717) is 22.9 Å². The molecule has 19 heavy (non-hydrogen) atoms. The SMILES string of the molecule is NCCc1ccc(OCc2c(F)cccc2Cl)cc1. The summed E-state index contributed by atoms with van der Waals surface area (Å²) < 4.78 is 19.1. The third kappa shape index (κ3) is 3.69. The third-order valence-corrected chi connectivity index (χ3v) is 3.16. The molecule has 0 fully saturated rings. The quantitative estimate of drug-likeness (QED) is 0.908. The minimum absolute atomic E-state index is 0.113. The number of halogens is 2. The smallest absolute Gasteiger partial charge is 0.131 e. The van der Waals surface area contributed by atoms with E-state index in [0.717, 1.165) is 12.0 Å². The lowest BCUT2D eigenvalue weighted by atomic mass is 10.1. The molecule has 0 bridgehead atoms. The Labute approximate surface area is 117 Å². The zero-order valence-corrected chi connectivity index (χ0v) is 11.2. The van der Waals surface area contributed by atoms with Crippen molar-refractivity contribution in [1.29, 1.82) is 0 Å². The van der Waals surface area contributed by atoms with Crippen molar-refractivity contribution < 1.29 is 9.13 Å². The van der Waals surface area contributed by atoms with Crippen LogP contribution in [-0.2, 0) is 13.0 Å². The van der Waals surface area contributed by atoms with Gasteiger partial charge in [0, 0.05) is 5.56 Å². The van der Waals surface area contributed by atoms with Crippen LogP contribution in [0.2, 0.25) is 5.02 Å². The number of benzene rings is 2. The number of hydrogen-bond donors (Lipinski definition) is 1. The molecular weight excluding hydrogens is 265 g/mol. The first-order valence-corrected chi connectivity index (χ1v) is 6.43. The summed E-state index contributed by atoms with van der Waals surface area (Å²) in [6, 6.07) is 12.2. The van der Waals surface area contributed by atoms with Crippen molar-refractivity contribution in [3.8, 4) is 5.75 Å². The molecule has 0 aliphatic rings. The Bertz CT molecular complexity index is 522. The summed E-state index contributed by atoms with van der Waals surface area (Å²) in [6.45, 7) is 0.729. The zero-order chi connectivity index (χ0) is 13.7. The fraction of sp³-hybridized carbons (Fsp3) is 0.200. The first-order valence-electron chi connectivity index (χ1n) is 6.05. The van der Waals surface area contributed by atoms with Gasteiger partial charge in [-0.3, -0.25) is 0 Å². The van der Waals surface area contributed by atoms with Gasteiger partial charge >= 0.3 is 0 Å². The molecule has 0 unspecified atom stereocenters. The van der Waals surface area contributed by atoms with E-state index in [4.69, 9.17) is 22.1 Å². The van der Waals surface area contributed by atoms with Gasteiger partial charge in [-0.05, 0) is 42.8 Å². The van der Waals surface area contributed by atoms with Gasteiger partial charge in [0.1, 0.15) is 18.2 Å². The number of hydrogen-bond acceptors (Lipinski definition) is 2. The molecule has 2 aromatic rings. The van der Waals surface area contributed by atoms with E-state index < -0.39 is 0 Å². The topological polar surface area (TPSA) is 35.2 Å². The molecule has 100 valence electrons. The van der Waals surface area contributed by atoms with Crippen LogP contribution in [-0.4, -0.2) is 6.54 Å².